The van der Waals surface area contributed by atoms with Gasteiger partial charge in [0, 0.05) is 44.3 Å². The number of aliphatic imine (C=N–C) groups is 1. The number of hydrogen-bond acceptors (Lipinski definition) is 3. The molecule has 2 aromatic carbocycles. The third-order valence-electron chi connectivity index (χ3n) is 5.33. The van der Waals surface area contributed by atoms with E-state index in [1.165, 1.54) is 6.07 Å². The second kappa shape index (κ2) is 11.3. The molecule has 1 aliphatic rings. The minimum atomic E-state index is -0.248. The first kappa shape index (κ1) is 24.9. The van der Waals surface area contributed by atoms with Gasteiger partial charge in [0.25, 0.3) is 0 Å². The number of hydrogen-bond donors (Lipinski definition) is 3. The Labute approximate surface area is 200 Å². The molecule has 1 amide bonds. The van der Waals surface area contributed by atoms with Gasteiger partial charge >= 0.3 is 0 Å². The van der Waals surface area contributed by atoms with E-state index in [-0.39, 0.29) is 41.1 Å². The first-order valence-corrected chi connectivity index (χ1v) is 10.2. The lowest BCUT2D eigenvalue weighted by Crippen LogP contribution is -2.47. The van der Waals surface area contributed by atoms with Gasteiger partial charge in [-0.15, -0.1) is 24.0 Å². The predicted octanol–water partition coefficient (Wildman–Crippen LogP) is 3.02. The summed E-state index contributed by atoms with van der Waals surface area (Å²) < 4.78 is 13.6. The van der Waals surface area contributed by atoms with Crippen LogP contribution >= 0.6 is 24.0 Å². The number of halogens is 2. The third kappa shape index (κ3) is 7.09. The Bertz CT molecular complexity index is 901. The molecule has 168 valence electrons. The lowest BCUT2D eigenvalue weighted by Gasteiger charge is -2.28. The summed E-state index contributed by atoms with van der Waals surface area (Å²) in [7, 11) is 1.73. The van der Waals surface area contributed by atoms with Gasteiger partial charge in [0.1, 0.15) is 5.82 Å². The van der Waals surface area contributed by atoms with Gasteiger partial charge in [0.15, 0.2) is 5.96 Å². The molecule has 1 saturated heterocycles. The minimum absolute atomic E-state index is 0. The Balaban J connectivity index is 0.00000341. The largest absolute Gasteiger partial charge is 0.360 e. The molecular weight excluding hydrogens is 508 g/mol. The molecule has 0 unspecified atom stereocenters. The van der Waals surface area contributed by atoms with Gasteiger partial charge in [-0.05, 0) is 35.4 Å². The summed E-state index contributed by atoms with van der Waals surface area (Å²) in [5.41, 5.74) is 2.86. The van der Waals surface area contributed by atoms with Gasteiger partial charge in [0.2, 0.25) is 5.91 Å². The number of amides is 1. The van der Waals surface area contributed by atoms with Crippen molar-refractivity contribution in [3.63, 3.8) is 0 Å². The summed E-state index contributed by atoms with van der Waals surface area (Å²) in [5.74, 6) is 0.524. The number of carbonyl (C=O) groups is 1. The molecule has 2 aromatic rings. The molecule has 0 bridgehead atoms. The second-order valence-corrected chi connectivity index (χ2v) is 8.11. The highest BCUT2D eigenvalue weighted by Crippen LogP contribution is 2.22. The average Bonchev–Trinajstić information content (AvgIpc) is 2.74. The normalized spacial score (nSPS) is 14.5. The van der Waals surface area contributed by atoms with Crippen LogP contribution in [0.15, 0.2) is 53.5 Å². The number of rotatable bonds is 6. The van der Waals surface area contributed by atoms with Gasteiger partial charge in [-0.1, -0.05) is 38.1 Å². The van der Waals surface area contributed by atoms with Gasteiger partial charge in [-0.3, -0.25) is 9.79 Å². The van der Waals surface area contributed by atoms with Crippen LogP contribution in [-0.4, -0.2) is 45.1 Å². The highest BCUT2D eigenvalue weighted by molar-refractivity contribution is 14.0. The fourth-order valence-corrected chi connectivity index (χ4v) is 3.41. The summed E-state index contributed by atoms with van der Waals surface area (Å²) in [6, 6.07) is 14.9. The van der Waals surface area contributed by atoms with E-state index in [2.05, 4.69) is 51.8 Å². The summed E-state index contributed by atoms with van der Waals surface area (Å²) in [6.07, 6.45) is 0. The van der Waals surface area contributed by atoms with E-state index in [0.717, 1.165) is 23.4 Å². The van der Waals surface area contributed by atoms with E-state index < -0.39 is 0 Å². The van der Waals surface area contributed by atoms with Crippen LogP contribution in [0.2, 0.25) is 0 Å². The monoisotopic (exact) mass is 539 g/mol. The topological polar surface area (TPSA) is 68.8 Å². The Morgan fingerprint density at radius 3 is 2.58 bits per heavy atom. The van der Waals surface area contributed by atoms with E-state index in [1.54, 1.807) is 19.2 Å². The second-order valence-electron chi connectivity index (χ2n) is 8.11. The molecule has 1 fully saturated rings. The lowest BCUT2D eigenvalue weighted by atomic mass is 9.84. The molecule has 0 saturated carbocycles. The molecule has 0 radical (unpaired) electrons. The maximum atomic E-state index is 13.6. The van der Waals surface area contributed by atoms with Crippen molar-refractivity contribution in [2.75, 3.05) is 38.1 Å². The van der Waals surface area contributed by atoms with Gasteiger partial charge in [-0.25, -0.2) is 4.39 Å². The summed E-state index contributed by atoms with van der Waals surface area (Å²) >= 11 is 0. The molecule has 31 heavy (non-hydrogen) atoms. The van der Waals surface area contributed by atoms with Crippen LogP contribution in [0, 0.1) is 5.82 Å². The van der Waals surface area contributed by atoms with Crippen LogP contribution in [-0.2, 0) is 16.8 Å². The van der Waals surface area contributed by atoms with Crippen LogP contribution in [0.1, 0.15) is 25.0 Å². The first-order chi connectivity index (χ1) is 14.4. The molecule has 6 nitrogen and oxygen atoms in total. The Morgan fingerprint density at radius 2 is 1.94 bits per heavy atom. The van der Waals surface area contributed by atoms with Crippen LogP contribution in [0.25, 0.3) is 0 Å². The molecule has 3 rings (SSSR count). The Morgan fingerprint density at radius 1 is 1.19 bits per heavy atom. The SMILES string of the molecule is CN=C(NCc1ccc(N2CCNC(=O)C2)cc1)NCC(C)(C)c1cccc(F)c1.I. The fraction of sp³-hybridized carbons (Fsp3) is 0.391. The predicted molar refractivity (Wildman–Crippen MR) is 135 cm³/mol. The summed E-state index contributed by atoms with van der Waals surface area (Å²) in [4.78, 5) is 17.9. The van der Waals surface area contributed by atoms with Crippen molar-refractivity contribution < 1.29 is 9.18 Å². The number of carbonyl (C=O) groups excluding carboxylic acids is 1. The van der Waals surface area contributed by atoms with E-state index in [9.17, 15) is 9.18 Å². The molecule has 0 aromatic heterocycles. The number of nitrogens with zero attached hydrogens (tertiary/aromatic N) is 2. The zero-order valence-corrected chi connectivity index (χ0v) is 20.6. The van der Waals surface area contributed by atoms with Crippen molar-refractivity contribution in [3.8, 4) is 0 Å². The smallest absolute Gasteiger partial charge is 0.239 e. The van der Waals surface area contributed by atoms with Crippen molar-refractivity contribution in [3.05, 3.63) is 65.5 Å². The quantitative estimate of drug-likeness (QED) is 0.300. The molecule has 8 heteroatoms. The summed E-state index contributed by atoms with van der Waals surface area (Å²) in [5, 5.41) is 9.48. The van der Waals surface area contributed by atoms with Crippen molar-refractivity contribution in [2.45, 2.75) is 25.8 Å². The molecule has 0 spiro atoms. The highest BCUT2D eigenvalue weighted by Gasteiger charge is 2.21. The Hall–Kier alpha value is -2.36. The number of guanidine groups is 1. The lowest BCUT2D eigenvalue weighted by molar-refractivity contribution is -0.120. The van der Waals surface area contributed by atoms with Crippen LogP contribution in [0.3, 0.4) is 0 Å². The number of anilines is 1. The van der Waals surface area contributed by atoms with Crippen LogP contribution < -0.4 is 20.9 Å². The maximum absolute atomic E-state index is 13.6. The van der Waals surface area contributed by atoms with Crippen LogP contribution in [0.5, 0.6) is 0 Å². The van der Waals surface area contributed by atoms with E-state index in [4.69, 9.17) is 0 Å². The Kier molecular flexibility index (Phi) is 9.09. The van der Waals surface area contributed by atoms with E-state index in [0.29, 0.717) is 32.1 Å². The summed E-state index contributed by atoms with van der Waals surface area (Å²) in [6.45, 7) is 7.28. The molecule has 3 N–H and O–H groups in total. The zero-order chi connectivity index (χ0) is 21.6. The standard InChI is InChI=1S/C23H30FN5O.HI/c1-23(2,18-5-4-6-19(24)13-18)16-28-22(25-3)27-14-17-7-9-20(10-8-17)29-12-11-26-21(30)15-29;/h4-10,13H,11-12,14-16H2,1-3H3,(H,26,30)(H2,25,27,28);1H. The van der Waals surface area contributed by atoms with E-state index in [1.807, 2.05) is 18.2 Å². The minimum Gasteiger partial charge on any atom is -0.360 e. The van der Waals surface area contributed by atoms with Crippen molar-refractivity contribution in [1.82, 2.24) is 16.0 Å². The van der Waals surface area contributed by atoms with Crippen molar-refractivity contribution in [2.24, 2.45) is 4.99 Å². The van der Waals surface area contributed by atoms with Gasteiger partial charge in [0.05, 0.1) is 6.54 Å². The highest BCUT2D eigenvalue weighted by atomic mass is 127. The molecule has 0 atom stereocenters. The van der Waals surface area contributed by atoms with E-state index >= 15 is 0 Å². The zero-order valence-electron chi connectivity index (χ0n) is 18.2. The third-order valence-corrected chi connectivity index (χ3v) is 5.33. The first-order valence-electron chi connectivity index (χ1n) is 10.2. The fourth-order valence-electron chi connectivity index (χ4n) is 3.41. The molecule has 0 aliphatic carbocycles. The van der Waals surface area contributed by atoms with Crippen molar-refractivity contribution in [1.29, 1.82) is 0 Å². The molecular formula is C23H31FIN5O. The average molecular weight is 539 g/mol. The molecule has 1 heterocycles. The van der Waals surface area contributed by atoms with Gasteiger partial charge < -0.3 is 20.9 Å². The van der Waals surface area contributed by atoms with Crippen LogP contribution in [0.4, 0.5) is 10.1 Å². The molecule has 1 aliphatic heterocycles. The van der Waals surface area contributed by atoms with Crippen molar-refractivity contribution >= 4 is 41.5 Å². The number of piperazine rings is 1. The number of nitrogens with one attached hydrogen (secondary N) is 3. The maximum Gasteiger partial charge on any atom is 0.239 e. The van der Waals surface area contributed by atoms with Gasteiger partial charge in [-0.2, -0.15) is 0 Å². The number of benzene rings is 2.